The lowest BCUT2D eigenvalue weighted by molar-refractivity contribution is 0.151. The smallest absolute Gasteiger partial charge is 0.0814 e. The predicted octanol–water partition coefficient (Wildman–Crippen LogP) is 3.60. The number of halogens is 1. The quantitative estimate of drug-likeness (QED) is 0.583. The van der Waals surface area contributed by atoms with Gasteiger partial charge in [-0.1, -0.05) is 12.2 Å². The van der Waals surface area contributed by atoms with E-state index in [0.29, 0.717) is 13.2 Å². The highest BCUT2D eigenvalue weighted by Crippen LogP contribution is 2.22. The van der Waals surface area contributed by atoms with Crippen LogP contribution in [-0.4, -0.2) is 6.61 Å². The lowest BCUT2D eigenvalue weighted by Gasteiger charge is -1.96. The lowest BCUT2D eigenvalue weighted by atomic mass is 10.5. The van der Waals surface area contributed by atoms with Crippen LogP contribution in [0.5, 0.6) is 0 Å². The molecule has 0 bridgehead atoms. The molecule has 0 spiro atoms. The first-order chi connectivity index (χ1) is 5.83. The van der Waals surface area contributed by atoms with Gasteiger partial charge >= 0.3 is 0 Å². The second kappa shape index (κ2) is 5.51. The molecule has 0 fully saturated rings. The van der Waals surface area contributed by atoms with E-state index < -0.39 is 0 Å². The number of rotatable bonds is 4. The Bertz CT molecular complexity index is 255. The Kier molecular flexibility index (Phi) is 4.58. The van der Waals surface area contributed by atoms with Gasteiger partial charge in [0.05, 0.1) is 17.0 Å². The van der Waals surface area contributed by atoms with Gasteiger partial charge in [0, 0.05) is 4.88 Å². The molecule has 0 amide bonds. The summed E-state index contributed by atoms with van der Waals surface area (Å²) in [6, 6.07) is 4.11. The van der Waals surface area contributed by atoms with Crippen molar-refractivity contribution >= 4 is 27.3 Å². The van der Waals surface area contributed by atoms with E-state index in [-0.39, 0.29) is 0 Å². The van der Waals surface area contributed by atoms with Crippen molar-refractivity contribution in [2.75, 3.05) is 6.61 Å². The minimum atomic E-state index is 0.700. The third-order valence-electron chi connectivity index (χ3n) is 1.32. The zero-order valence-corrected chi connectivity index (χ0v) is 9.32. The lowest BCUT2D eigenvalue weighted by Crippen LogP contribution is -1.89. The fourth-order valence-corrected chi connectivity index (χ4v) is 2.17. The van der Waals surface area contributed by atoms with Crippen LogP contribution in [0.4, 0.5) is 0 Å². The average molecular weight is 247 g/mol. The number of thiophene rings is 1. The molecule has 1 aromatic heterocycles. The van der Waals surface area contributed by atoms with Crippen LogP contribution in [0, 0.1) is 0 Å². The van der Waals surface area contributed by atoms with E-state index in [0.717, 1.165) is 3.79 Å². The molecule has 1 aromatic rings. The molecule has 0 N–H and O–H groups in total. The molecule has 0 saturated carbocycles. The van der Waals surface area contributed by atoms with Crippen LogP contribution in [0.1, 0.15) is 11.8 Å². The summed E-state index contributed by atoms with van der Waals surface area (Å²) in [6.07, 6.45) is 3.99. The summed E-state index contributed by atoms with van der Waals surface area (Å²) in [5.74, 6) is 0. The largest absolute Gasteiger partial charge is 0.372 e. The highest BCUT2D eigenvalue weighted by atomic mass is 79.9. The van der Waals surface area contributed by atoms with Crippen molar-refractivity contribution in [1.82, 2.24) is 0 Å². The number of ether oxygens (including phenoxy) is 1. The van der Waals surface area contributed by atoms with Crippen molar-refractivity contribution in [3.05, 3.63) is 32.9 Å². The minimum absolute atomic E-state index is 0.700. The molecule has 0 aliphatic rings. The SMILES string of the molecule is CC=CCOCc1ccc(Br)s1. The van der Waals surface area contributed by atoms with E-state index in [1.807, 2.05) is 25.1 Å². The fraction of sp³-hybridized carbons (Fsp3) is 0.333. The van der Waals surface area contributed by atoms with Gasteiger partial charge in [-0.15, -0.1) is 11.3 Å². The van der Waals surface area contributed by atoms with E-state index in [1.165, 1.54) is 4.88 Å². The van der Waals surface area contributed by atoms with Gasteiger partial charge in [-0.2, -0.15) is 0 Å². The van der Waals surface area contributed by atoms with E-state index in [9.17, 15) is 0 Å². The first kappa shape index (κ1) is 9.96. The Hall–Kier alpha value is -0.120. The molecule has 0 atom stereocenters. The van der Waals surface area contributed by atoms with Gasteiger partial charge in [0.25, 0.3) is 0 Å². The van der Waals surface area contributed by atoms with Crippen LogP contribution >= 0.6 is 27.3 Å². The molecular formula is C9H11BrOS. The summed E-state index contributed by atoms with van der Waals surface area (Å²) in [7, 11) is 0. The summed E-state index contributed by atoms with van der Waals surface area (Å²) >= 11 is 5.12. The Morgan fingerprint density at radius 3 is 3.00 bits per heavy atom. The average Bonchev–Trinajstić information content (AvgIpc) is 2.45. The highest BCUT2D eigenvalue weighted by molar-refractivity contribution is 9.11. The van der Waals surface area contributed by atoms with Crippen LogP contribution in [0.25, 0.3) is 0 Å². The Morgan fingerprint density at radius 2 is 2.42 bits per heavy atom. The van der Waals surface area contributed by atoms with Crippen LogP contribution < -0.4 is 0 Å². The van der Waals surface area contributed by atoms with Crippen LogP contribution in [-0.2, 0) is 11.3 Å². The maximum absolute atomic E-state index is 5.38. The van der Waals surface area contributed by atoms with Gasteiger partial charge in [0.1, 0.15) is 0 Å². The summed E-state index contributed by atoms with van der Waals surface area (Å²) in [4.78, 5) is 1.26. The molecule has 1 heterocycles. The fourth-order valence-electron chi connectivity index (χ4n) is 0.753. The van der Waals surface area contributed by atoms with Gasteiger partial charge < -0.3 is 4.74 Å². The van der Waals surface area contributed by atoms with Gasteiger partial charge in [0.2, 0.25) is 0 Å². The van der Waals surface area contributed by atoms with Crippen molar-refractivity contribution in [3.8, 4) is 0 Å². The van der Waals surface area contributed by atoms with Crippen molar-refractivity contribution in [1.29, 1.82) is 0 Å². The maximum atomic E-state index is 5.38. The Labute approximate surface area is 85.2 Å². The van der Waals surface area contributed by atoms with Crippen molar-refractivity contribution in [3.63, 3.8) is 0 Å². The van der Waals surface area contributed by atoms with Crippen LogP contribution in [0.15, 0.2) is 28.1 Å². The second-order valence-corrected chi connectivity index (χ2v) is 4.84. The van der Waals surface area contributed by atoms with Crippen LogP contribution in [0.2, 0.25) is 0 Å². The zero-order valence-electron chi connectivity index (χ0n) is 6.92. The molecule has 0 saturated heterocycles. The number of hydrogen-bond acceptors (Lipinski definition) is 2. The zero-order chi connectivity index (χ0) is 8.81. The summed E-state index contributed by atoms with van der Waals surface area (Å²) < 4.78 is 6.54. The number of hydrogen-bond donors (Lipinski definition) is 0. The van der Waals surface area contributed by atoms with Crippen molar-refractivity contribution < 1.29 is 4.74 Å². The molecule has 12 heavy (non-hydrogen) atoms. The minimum Gasteiger partial charge on any atom is -0.372 e. The molecule has 0 aliphatic carbocycles. The first-order valence-electron chi connectivity index (χ1n) is 3.76. The summed E-state index contributed by atoms with van der Waals surface area (Å²) in [5, 5.41) is 0. The van der Waals surface area contributed by atoms with Crippen LogP contribution in [0.3, 0.4) is 0 Å². The molecule has 0 radical (unpaired) electrons. The van der Waals surface area contributed by atoms with E-state index in [1.54, 1.807) is 11.3 Å². The molecule has 0 unspecified atom stereocenters. The monoisotopic (exact) mass is 246 g/mol. The van der Waals surface area contributed by atoms with Crippen molar-refractivity contribution in [2.45, 2.75) is 13.5 Å². The third kappa shape index (κ3) is 3.52. The van der Waals surface area contributed by atoms with E-state index in [4.69, 9.17) is 4.74 Å². The van der Waals surface area contributed by atoms with Crippen molar-refractivity contribution in [2.24, 2.45) is 0 Å². The maximum Gasteiger partial charge on any atom is 0.0814 e. The summed E-state index contributed by atoms with van der Waals surface area (Å²) in [5.41, 5.74) is 0. The van der Waals surface area contributed by atoms with E-state index in [2.05, 4.69) is 22.0 Å². The third-order valence-corrected chi connectivity index (χ3v) is 2.92. The normalized spacial score (nSPS) is 11.2. The predicted molar refractivity (Wildman–Crippen MR) is 56.5 cm³/mol. The molecule has 0 aliphatic heterocycles. The van der Waals surface area contributed by atoms with Gasteiger partial charge in [-0.3, -0.25) is 0 Å². The second-order valence-electron chi connectivity index (χ2n) is 2.29. The molecule has 1 nitrogen and oxygen atoms in total. The Balaban J connectivity index is 2.24. The van der Waals surface area contributed by atoms with Gasteiger partial charge in [-0.25, -0.2) is 0 Å². The highest BCUT2D eigenvalue weighted by Gasteiger charge is 1.95. The van der Waals surface area contributed by atoms with Gasteiger partial charge in [-0.05, 0) is 35.0 Å². The molecule has 66 valence electrons. The first-order valence-corrected chi connectivity index (χ1v) is 5.37. The summed E-state index contributed by atoms with van der Waals surface area (Å²) in [6.45, 7) is 3.40. The molecule has 0 aromatic carbocycles. The van der Waals surface area contributed by atoms with Gasteiger partial charge in [0.15, 0.2) is 0 Å². The molecule has 1 rings (SSSR count). The molecule has 3 heteroatoms. The van der Waals surface area contributed by atoms with E-state index >= 15 is 0 Å². The topological polar surface area (TPSA) is 9.23 Å². The molecular weight excluding hydrogens is 236 g/mol. The number of allylic oxidation sites excluding steroid dienone is 1. The standard InChI is InChI=1S/C9H11BrOS/c1-2-3-6-11-7-8-4-5-9(10)12-8/h2-5H,6-7H2,1H3. The Morgan fingerprint density at radius 1 is 1.58 bits per heavy atom.